The van der Waals surface area contributed by atoms with Gasteiger partial charge in [-0.1, -0.05) is 0 Å². The van der Waals surface area contributed by atoms with Gasteiger partial charge in [0.25, 0.3) is 0 Å². The maximum Gasteiger partial charge on any atom is 0.416 e. The molecular weight excluding hydrogens is 545 g/mol. The van der Waals surface area contributed by atoms with Crippen molar-refractivity contribution in [3.8, 4) is 17.0 Å². The van der Waals surface area contributed by atoms with Gasteiger partial charge in [0.2, 0.25) is 0 Å². The summed E-state index contributed by atoms with van der Waals surface area (Å²) in [4.78, 5) is 13.4. The number of methoxy groups -OCH3 is 1. The summed E-state index contributed by atoms with van der Waals surface area (Å²) in [5, 5.41) is 19.3. The Morgan fingerprint density at radius 3 is 2.56 bits per heavy atom. The fourth-order valence-corrected chi connectivity index (χ4v) is 6.13. The number of alkyl halides is 3. The monoisotopic (exact) mass is 568 g/mol. The van der Waals surface area contributed by atoms with E-state index in [0.29, 0.717) is 22.5 Å². The molecule has 2 aromatic heterocycles. The second-order valence-corrected chi connectivity index (χ2v) is 10.1. The summed E-state index contributed by atoms with van der Waals surface area (Å²) in [5.74, 6) is -0.00485. The zero-order valence-corrected chi connectivity index (χ0v) is 21.1. The number of aromatic nitrogens is 3. The van der Waals surface area contributed by atoms with E-state index in [1.807, 2.05) is 10.8 Å². The molecule has 2 saturated heterocycles. The van der Waals surface area contributed by atoms with Gasteiger partial charge in [0.15, 0.2) is 12.4 Å². The second kappa shape index (κ2) is 9.22. The lowest BCUT2D eigenvalue weighted by Gasteiger charge is -2.39. The zero-order chi connectivity index (χ0) is 25.8. The van der Waals surface area contributed by atoms with E-state index < -0.39 is 17.8 Å². The third kappa shape index (κ3) is 4.19. The lowest BCUT2D eigenvalue weighted by molar-refractivity contribution is -0.137. The quantitative estimate of drug-likeness (QED) is 0.379. The maximum absolute atomic E-state index is 13.4. The number of aryl methyl sites for hydroxylation is 1. The number of piperidine rings is 1. The van der Waals surface area contributed by atoms with E-state index in [9.17, 15) is 23.1 Å². The number of carboxylic acid groups (broad SMARTS) is 1. The molecule has 4 heterocycles. The predicted octanol–water partition coefficient (Wildman–Crippen LogP) is 6.02. The van der Waals surface area contributed by atoms with Crippen molar-refractivity contribution < 1.29 is 32.5 Å². The number of rotatable bonds is 5. The van der Waals surface area contributed by atoms with Gasteiger partial charge >= 0.3 is 12.3 Å². The minimum atomic E-state index is -4.53. The average molecular weight is 569 g/mol. The first-order chi connectivity index (χ1) is 17.1. The fourth-order valence-electron chi connectivity index (χ4n) is 5.61. The van der Waals surface area contributed by atoms with Crippen molar-refractivity contribution in [3.63, 3.8) is 0 Å². The van der Waals surface area contributed by atoms with E-state index in [0.717, 1.165) is 47.7 Å². The molecule has 8 nitrogen and oxygen atoms in total. The van der Waals surface area contributed by atoms with E-state index in [-0.39, 0.29) is 30.7 Å². The third-order valence-electron chi connectivity index (χ3n) is 7.11. The minimum Gasteiger partial charge on any atom is -0.467 e. The molecule has 3 aromatic rings. The summed E-state index contributed by atoms with van der Waals surface area (Å²) in [5.41, 5.74) is 0.834. The number of benzene rings is 1. The Morgan fingerprint density at radius 2 is 1.89 bits per heavy atom. The topological polar surface area (TPSA) is 89.7 Å². The maximum atomic E-state index is 13.4. The van der Waals surface area contributed by atoms with Gasteiger partial charge < -0.3 is 24.0 Å². The summed E-state index contributed by atoms with van der Waals surface area (Å²) in [6.45, 7) is 1.34. The Balaban J connectivity index is 1.58. The van der Waals surface area contributed by atoms with E-state index >= 15 is 0 Å². The Morgan fingerprint density at radius 1 is 1.17 bits per heavy atom. The normalized spacial score (nSPS) is 21.8. The van der Waals surface area contributed by atoms with Gasteiger partial charge in [-0.3, -0.25) is 0 Å². The number of halogens is 4. The molecule has 2 fully saturated rings. The molecule has 192 valence electrons. The van der Waals surface area contributed by atoms with Crippen molar-refractivity contribution in [1.82, 2.24) is 19.7 Å². The summed E-state index contributed by atoms with van der Waals surface area (Å²) in [7, 11) is 1.38. The second-order valence-electron chi connectivity index (χ2n) is 9.20. The van der Waals surface area contributed by atoms with Crippen LogP contribution >= 0.6 is 15.9 Å². The number of fused-ring (bicyclic) bond motifs is 3. The van der Waals surface area contributed by atoms with Crippen molar-refractivity contribution >= 4 is 33.1 Å². The SMILES string of the molecule is COCOc1cc(C(F)(F)F)cc(C)c1-c1cc2c(Br)cn(C3CCC4CCC3N4C(=O)O)c2nn1. The van der Waals surface area contributed by atoms with E-state index in [1.165, 1.54) is 7.11 Å². The summed E-state index contributed by atoms with van der Waals surface area (Å²) in [6.07, 6.45) is -0.316. The van der Waals surface area contributed by atoms with Crippen LogP contribution in [0.5, 0.6) is 5.75 Å². The van der Waals surface area contributed by atoms with Gasteiger partial charge in [0.1, 0.15) is 5.75 Å². The highest BCUT2D eigenvalue weighted by Gasteiger charge is 2.46. The van der Waals surface area contributed by atoms with Crippen molar-refractivity contribution in [2.75, 3.05) is 13.9 Å². The molecule has 1 N–H and O–H groups in total. The van der Waals surface area contributed by atoms with E-state index in [2.05, 4.69) is 26.1 Å². The van der Waals surface area contributed by atoms with Gasteiger partial charge in [-0.25, -0.2) is 4.79 Å². The van der Waals surface area contributed by atoms with Crippen LogP contribution in [0.3, 0.4) is 0 Å². The molecule has 1 amide bonds. The highest BCUT2D eigenvalue weighted by Crippen LogP contribution is 2.44. The van der Waals surface area contributed by atoms with Crippen LogP contribution in [0, 0.1) is 6.92 Å². The molecular formula is C24H24BrF3N4O4. The lowest BCUT2D eigenvalue weighted by atomic mass is 9.97. The molecule has 36 heavy (non-hydrogen) atoms. The molecule has 2 aliphatic heterocycles. The highest BCUT2D eigenvalue weighted by atomic mass is 79.9. The number of carbonyl (C=O) groups is 1. The molecule has 3 atom stereocenters. The number of nitrogens with zero attached hydrogens (tertiary/aromatic N) is 4. The van der Waals surface area contributed by atoms with Gasteiger partial charge in [0, 0.05) is 34.8 Å². The van der Waals surface area contributed by atoms with Gasteiger partial charge in [-0.15, -0.1) is 10.2 Å². The Bertz CT molecular complexity index is 1330. The lowest BCUT2D eigenvalue weighted by Crippen LogP contribution is -2.48. The first-order valence-electron chi connectivity index (χ1n) is 11.5. The molecule has 12 heteroatoms. The minimum absolute atomic E-state index is 0.00485. The van der Waals surface area contributed by atoms with Crippen LogP contribution < -0.4 is 4.74 Å². The Hall–Kier alpha value is -2.86. The van der Waals surface area contributed by atoms with Crippen LogP contribution in [0.15, 0.2) is 28.9 Å². The van der Waals surface area contributed by atoms with Crippen LogP contribution in [0.25, 0.3) is 22.3 Å². The molecule has 0 spiro atoms. The first-order valence-corrected chi connectivity index (χ1v) is 12.3. The summed E-state index contributed by atoms with van der Waals surface area (Å²) >= 11 is 3.59. The van der Waals surface area contributed by atoms with Crippen molar-refractivity contribution in [2.24, 2.45) is 0 Å². The Kier molecular flexibility index (Phi) is 6.36. The van der Waals surface area contributed by atoms with Crippen LogP contribution in [0.1, 0.15) is 42.9 Å². The first kappa shape index (κ1) is 24.8. The summed E-state index contributed by atoms with van der Waals surface area (Å²) < 4.78 is 53.4. The van der Waals surface area contributed by atoms with Gasteiger partial charge in [0.05, 0.1) is 23.3 Å². The number of amides is 1. The molecule has 2 aliphatic rings. The zero-order valence-electron chi connectivity index (χ0n) is 19.5. The van der Waals surface area contributed by atoms with E-state index in [1.54, 1.807) is 17.9 Å². The number of hydrogen-bond donors (Lipinski definition) is 1. The van der Waals surface area contributed by atoms with Gasteiger partial charge in [-0.05, 0) is 72.3 Å². The largest absolute Gasteiger partial charge is 0.467 e. The molecule has 3 unspecified atom stereocenters. The van der Waals surface area contributed by atoms with Crippen molar-refractivity contribution in [2.45, 2.75) is 56.9 Å². The molecule has 0 saturated carbocycles. The Labute approximate surface area is 213 Å². The fraction of sp³-hybridized carbons (Fsp3) is 0.458. The smallest absolute Gasteiger partial charge is 0.416 e. The standard InChI is InChI=1S/C24H24BrF3N4O4/c1-12-7-13(24(26,27)28)8-20(36-11-35-2)21(12)17-9-15-16(25)10-31(22(15)30-29-17)18-5-3-14-4-6-19(18)32(14)23(33)34/h7-10,14,18-19H,3-6,11H2,1-2H3,(H,33,34). The molecule has 0 radical (unpaired) electrons. The molecule has 1 aromatic carbocycles. The van der Waals surface area contributed by atoms with Crippen LogP contribution in [-0.2, 0) is 10.9 Å². The predicted molar refractivity (Wildman–Crippen MR) is 128 cm³/mol. The van der Waals surface area contributed by atoms with Gasteiger partial charge in [-0.2, -0.15) is 13.2 Å². The number of hydrogen-bond acceptors (Lipinski definition) is 5. The summed E-state index contributed by atoms with van der Waals surface area (Å²) in [6, 6.07) is 3.58. The van der Waals surface area contributed by atoms with Crippen LogP contribution in [0.2, 0.25) is 0 Å². The van der Waals surface area contributed by atoms with Crippen molar-refractivity contribution in [3.05, 3.63) is 40.0 Å². The molecule has 5 rings (SSSR count). The highest BCUT2D eigenvalue weighted by molar-refractivity contribution is 9.10. The third-order valence-corrected chi connectivity index (χ3v) is 7.74. The number of ether oxygens (including phenoxy) is 2. The van der Waals surface area contributed by atoms with E-state index in [4.69, 9.17) is 9.47 Å². The molecule has 0 aliphatic carbocycles. The van der Waals surface area contributed by atoms with Crippen LogP contribution in [-0.4, -0.2) is 56.9 Å². The van der Waals surface area contributed by atoms with Crippen LogP contribution in [0.4, 0.5) is 18.0 Å². The average Bonchev–Trinajstić information content (AvgIpc) is 3.32. The van der Waals surface area contributed by atoms with Crippen molar-refractivity contribution in [1.29, 1.82) is 0 Å². The molecule has 2 bridgehead atoms.